The van der Waals surface area contributed by atoms with Gasteiger partial charge in [-0.2, -0.15) is 0 Å². The standard InChI is InChI=1S/C23H30N2O/c1-17(2)20-5-7-21(8-6-20)19(4)24-11-13-25(14-12-24)23-10-9-22(16-26)18(3)15-23/h5-10,15-17,19H,11-14H2,1-4H3/p+1/t19-/m0/s1. The first-order chi connectivity index (χ1) is 12.5. The Morgan fingerprint density at radius 1 is 0.962 bits per heavy atom. The van der Waals surface area contributed by atoms with E-state index in [0.29, 0.717) is 12.0 Å². The zero-order valence-corrected chi connectivity index (χ0v) is 16.5. The van der Waals surface area contributed by atoms with Gasteiger partial charge in [-0.3, -0.25) is 4.79 Å². The number of aldehydes is 1. The van der Waals surface area contributed by atoms with Crippen LogP contribution in [0.3, 0.4) is 0 Å². The average molecular weight is 352 g/mol. The van der Waals surface area contributed by atoms with Crippen LogP contribution in [-0.4, -0.2) is 32.5 Å². The molecule has 2 aromatic carbocycles. The number of carbonyl (C=O) groups is 1. The van der Waals surface area contributed by atoms with Crippen molar-refractivity contribution in [2.45, 2.75) is 39.7 Å². The van der Waals surface area contributed by atoms with Crippen molar-refractivity contribution in [1.82, 2.24) is 0 Å². The maximum absolute atomic E-state index is 11.0. The Labute approximate surface area is 157 Å². The van der Waals surface area contributed by atoms with Crippen molar-refractivity contribution in [2.24, 2.45) is 0 Å². The van der Waals surface area contributed by atoms with Crippen LogP contribution in [0, 0.1) is 6.92 Å². The molecule has 0 saturated carbocycles. The van der Waals surface area contributed by atoms with E-state index in [1.54, 1.807) is 4.90 Å². The molecule has 0 amide bonds. The summed E-state index contributed by atoms with van der Waals surface area (Å²) < 4.78 is 0. The molecule has 3 rings (SSSR count). The molecule has 2 aromatic rings. The molecular weight excluding hydrogens is 320 g/mol. The van der Waals surface area contributed by atoms with Gasteiger partial charge in [-0.1, -0.05) is 38.1 Å². The fraction of sp³-hybridized carbons (Fsp3) is 0.435. The van der Waals surface area contributed by atoms with Crippen LogP contribution in [0.4, 0.5) is 5.69 Å². The van der Waals surface area contributed by atoms with Crippen LogP contribution in [0.1, 0.15) is 59.8 Å². The minimum Gasteiger partial charge on any atom is -0.360 e. The summed E-state index contributed by atoms with van der Waals surface area (Å²) in [4.78, 5) is 15.1. The highest BCUT2D eigenvalue weighted by Gasteiger charge is 2.25. The van der Waals surface area contributed by atoms with Crippen molar-refractivity contribution in [2.75, 3.05) is 31.1 Å². The molecule has 3 heteroatoms. The molecule has 1 atom stereocenters. The minimum atomic E-state index is 0.525. The van der Waals surface area contributed by atoms with Crippen molar-refractivity contribution in [3.63, 3.8) is 0 Å². The van der Waals surface area contributed by atoms with Crippen LogP contribution in [0.2, 0.25) is 0 Å². The lowest BCUT2D eigenvalue weighted by atomic mass is 9.99. The molecule has 1 aliphatic rings. The zero-order chi connectivity index (χ0) is 18.7. The van der Waals surface area contributed by atoms with E-state index in [1.165, 1.54) is 16.8 Å². The van der Waals surface area contributed by atoms with Gasteiger partial charge < -0.3 is 9.80 Å². The lowest BCUT2D eigenvalue weighted by molar-refractivity contribution is -0.930. The number of piperazine rings is 1. The maximum Gasteiger partial charge on any atom is 0.150 e. The van der Waals surface area contributed by atoms with Gasteiger partial charge in [0.15, 0.2) is 0 Å². The molecule has 1 saturated heterocycles. The highest BCUT2D eigenvalue weighted by atomic mass is 16.1. The number of hydrogen-bond donors (Lipinski definition) is 1. The predicted octanol–water partition coefficient (Wildman–Crippen LogP) is 3.40. The van der Waals surface area contributed by atoms with Crippen LogP contribution >= 0.6 is 0 Å². The molecule has 138 valence electrons. The molecule has 0 spiro atoms. The lowest BCUT2D eigenvalue weighted by Gasteiger charge is -2.37. The van der Waals surface area contributed by atoms with Gasteiger partial charge in [-0.25, -0.2) is 0 Å². The average Bonchev–Trinajstić information content (AvgIpc) is 2.67. The summed E-state index contributed by atoms with van der Waals surface area (Å²) in [6.45, 7) is 13.2. The van der Waals surface area contributed by atoms with E-state index in [-0.39, 0.29) is 0 Å². The normalized spacial score (nSPS) is 16.7. The van der Waals surface area contributed by atoms with Gasteiger partial charge in [0.2, 0.25) is 0 Å². The van der Waals surface area contributed by atoms with Gasteiger partial charge in [0.1, 0.15) is 12.3 Å². The molecule has 0 aliphatic carbocycles. The molecule has 0 unspecified atom stereocenters. The second-order valence-corrected chi connectivity index (χ2v) is 7.85. The third-order valence-corrected chi connectivity index (χ3v) is 5.87. The monoisotopic (exact) mass is 351 g/mol. The third kappa shape index (κ3) is 3.99. The van der Waals surface area contributed by atoms with Crippen LogP contribution in [0.5, 0.6) is 0 Å². The smallest absolute Gasteiger partial charge is 0.150 e. The minimum absolute atomic E-state index is 0.525. The van der Waals surface area contributed by atoms with Gasteiger partial charge in [0.25, 0.3) is 0 Å². The summed E-state index contributed by atoms with van der Waals surface area (Å²) >= 11 is 0. The van der Waals surface area contributed by atoms with E-state index in [1.807, 2.05) is 13.0 Å². The molecule has 3 nitrogen and oxygen atoms in total. The Morgan fingerprint density at radius 3 is 2.12 bits per heavy atom. The van der Waals surface area contributed by atoms with Crippen molar-refractivity contribution in [3.05, 3.63) is 64.7 Å². The van der Waals surface area contributed by atoms with Crippen molar-refractivity contribution in [1.29, 1.82) is 0 Å². The van der Waals surface area contributed by atoms with E-state index in [0.717, 1.165) is 43.6 Å². The summed E-state index contributed by atoms with van der Waals surface area (Å²) in [6.07, 6.45) is 0.938. The van der Waals surface area contributed by atoms with E-state index in [4.69, 9.17) is 0 Å². The largest absolute Gasteiger partial charge is 0.360 e. The fourth-order valence-electron chi connectivity index (χ4n) is 3.88. The zero-order valence-electron chi connectivity index (χ0n) is 16.5. The molecule has 1 heterocycles. The summed E-state index contributed by atoms with van der Waals surface area (Å²) in [6, 6.07) is 15.9. The summed E-state index contributed by atoms with van der Waals surface area (Å²) in [7, 11) is 0. The first-order valence-electron chi connectivity index (χ1n) is 9.75. The number of nitrogens with zero attached hydrogens (tertiary/aromatic N) is 1. The summed E-state index contributed by atoms with van der Waals surface area (Å²) in [5, 5.41) is 0. The number of rotatable bonds is 5. The third-order valence-electron chi connectivity index (χ3n) is 5.87. The second-order valence-electron chi connectivity index (χ2n) is 7.85. The lowest BCUT2D eigenvalue weighted by Crippen LogP contribution is -3.14. The van der Waals surface area contributed by atoms with E-state index in [2.05, 4.69) is 62.1 Å². The first kappa shape index (κ1) is 18.7. The number of anilines is 1. The fourth-order valence-corrected chi connectivity index (χ4v) is 3.88. The quantitative estimate of drug-likeness (QED) is 0.835. The van der Waals surface area contributed by atoms with Crippen molar-refractivity contribution < 1.29 is 9.69 Å². The summed E-state index contributed by atoms with van der Waals surface area (Å²) in [5.74, 6) is 0.587. The van der Waals surface area contributed by atoms with Gasteiger partial charge >= 0.3 is 0 Å². The van der Waals surface area contributed by atoms with Crippen molar-refractivity contribution in [3.8, 4) is 0 Å². The molecule has 0 bridgehead atoms. The molecule has 26 heavy (non-hydrogen) atoms. The molecular formula is C23H31N2O+. The molecule has 0 radical (unpaired) electrons. The summed E-state index contributed by atoms with van der Waals surface area (Å²) in [5.41, 5.74) is 5.93. The number of benzene rings is 2. The predicted molar refractivity (Wildman–Crippen MR) is 108 cm³/mol. The van der Waals surface area contributed by atoms with Crippen LogP contribution in [-0.2, 0) is 0 Å². The topological polar surface area (TPSA) is 24.8 Å². The highest BCUT2D eigenvalue weighted by Crippen LogP contribution is 2.20. The number of nitrogens with one attached hydrogen (secondary N) is 1. The Balaban J connectivity index is 1.62. The van der Waals surface area contributed by atoms with Crippen LogP contribution < -0.4 is 9.80 Å². The Kier molecular flexibility index (Phi) is 5.77. The second kappa shape index (κ2) is 8.05. The van der Waals surface area contributed by atoms with Gasteiger partial charge in [-0.05, 0) is 49.1 Å². The Morgan fingerprint density at radius 2 is 1.58 bits per heavy atom. The van der Waals surface area contributed by atoms with E-state index in [9.17, 15) is 4.79 Å². The molecule has 1 N–H and O–H groups in total. The number of carbonyl (C=O) groups excluding carboxylic acids is 1. The van der Waals surface area contributed by atoms with E-state index < -0.39 is 0 Å². The highest BCUT2D eigenvalue weighted by molar-refractivity contribution is 5.78. The molecule has 1 aliphatic heterocycles. The SMILES string of the molecule is Cc1cc(N2CC[NH+]([C@@H](C)c3ccc(C(C)C)cc3)CC2)ccc1C=O. The van der Waals surface area contributed by atoms with Gasteiger partial charge in [0.05, 0.1) is 26.2 Å². The first-order valence-corrected chi connectivity index (χ1v) is 9.75. The number of hydrogen-bond acceptors (Lipinski definition) is 2. The van der Waals surface area contributed by atoms with Crippen LogP contribution in [0.25, 0.3) is 0 Å². The Hall–Kier alpha value is -2.13. The van der Waals surface area contributed by atoms with Crippen LogP contribution in [0.15, 0.2) is 42.5 Å². The van der Waals surface area contributed by atoms with Gasteiger partial charge in [-0.15, -0.1) is 0 Å². The Bertz CT molecular complexity index is 743. The maximum atomic E-state index is 11.0. The number of quaternary nitrogens is 1. The number of aryl methyl sites for hydroxylation is 1. The van der Waals surface area contributed by atoms with Crippen molar-refractivity contribution >= 4 is 12.0 Å². The molecule has 0 aromatic heterocycles. The van der Waals surface area contributed by atoms with Gasteiger partial charge in [0, 0.05) is 16.8 Å². The van der Waals surface area contributed by atoms with E-state index >= 15 is 0 Å². The molecule has 1 fully saturated rings.